The zero-order valence-corrected chi connectivity index (χ0v) is 20.4. The van der Waals surface area contributed by atoms with Crippen LogP contribution in [-0.4, -0.2) is 37.2 Å². The first-order valence-corrected chi connectivity index (χ1v) is 12.0. The van der Waals surface area contributed by atoms with Gasteiger partial charge in [0.25, 0.3) is 0 Å². The molecule has 2 atom stereocenters. The van der Waals surface area contributed by atoms with Gasteiger partial charge in [-0.25, -0.2) is 9.59 Å². The Balaban J connectivity index is 2.00. The number of allylic oxidation sites excluding steroid dienone is 1. The minimum atomic E-state index is -0.916. The molecule has 0 bridgehead atoms. The number of esters is 1. The third-order valence-electron chi connectivity index (χ3n) is 5.56. The summed E-state index contributed by atoms with van der Waals surface area (Å²) in [6.45, 7) is 3.81. The van der Waals surface area contributed by atoms with Crippen LogP contribution in [0.4, 0.5) is 4.79 Å². The van der Waals surface area contributed by atoms with Crippen molar-refractivity contribution < 1.29 is 23.9 Å². The summed E-state index contributed by atoms with van der Waals surface area (Å²) in [7, 11) is 1.30. The molecule has 0 saturated carbocycles. The lowest BCUT2D eigenvalue weighted by molar-refractivity contribution is -0.145. The van der Waals surface area contributed by atoms with Crippen LogP contribution in [0.15, 0.2) is 73.3 Å². The number of nitrogens with one attached hydrogen (secondary N) is 2. The molecule has 0 aliphatic carbocycles. The number of methoxy groups -OCH3 is 1. The summed E-state index contributed by atoms with van der Waals surface area (Å²) in [5, 5.41) is 5.42. The molecule has 188 valence electrons. The fraction of sp³-hybridized carbons (Fsp3) is 0.393. The van der Waals surface area contributed by atoms with Crippen LogP contribution in [0.3, 0.4) is 0 Å². The quantitative estimate of drug-likeness (QED) is 0.219. The van der Waals surface area contributed by atoms with Gasteiger partial charge in [-0.2, -0.15) is 0 Å². The van der Waals surface area contributed by atoms with Crippen molar-refractivity contribution in [2.24, 2.45) is 0 Å². The summed E-state index contributed by atoms with van der Waals surface area (Å²) >= 11 is 0. The lowest BCUT2D eigenvalue weighted by Gasteiger charge is -2.22. The first-order chi connectivity index (χ1) is 17.0. The summed E-state index contributed by atoms with van der Waals surface area (Å²) in [4.78, 5) is 38.0. The highest BCUT2D eigenvalue weighted by Gasteiger charge is 2.27. The van der Waals surface area contributed by atoms with Crippen LogP contribution in [-0.2, 0) is 32.1 Å². The summed E-state index contributed by atoms with van der Waals surface area (Å²) in [6, 6.07) is 16.9. The second-order valence-corrected chi connectivity index (χ2v) is 8.31. The summed E-state index contributed by atoms with van der Waals surface area (Å²) in [5.41, 5.74) is 1.71. The van der Waals surface area contributed by atoms with Gasteiger partial charge >= 0.3 is 12.1 Å². The van der Waals surface area contributed by atoms with Gasteiger partial charge in [0.05, 0.1) is 7.11 Å². The van der Waals surface area contributed by atoms with Gasteiger partial charge in [-0.3, -0.25) is 4.79 Å². The highest BCUT2D eigenvalue weighted by Crippen LogP contribution is 2.10. The number of hydrogen-bond donors (Lipinski definition) is 2. The van der Waals surface area contributed by atoms with E-state index >= 15 is 0 Å². The van der Waals surface area contributed by atoms with E-state index in [1.165, 1.54) is 7.11 Å². The maximum atomic E-state index is 13.2. The van der Waals surface area contributed by atoms with Crippen LogP contribution < -0.4 is 10.6 Å². The fourth-order valence-corrected chi connectivity index (χ4v) is 3.62. The molecule has 7 heteroatoms. The zero-order chi connectivity index (χ0) is 25.3. The van der Waals surface area contributed by atoms with Crippen molar-refractivity contribution in [3.8, 4) is 0 Å². The molecule has 2 rings (SSSR count). The number of rotatable bonds is 15. The average molecular weight is 481 g/mol. The lowest BCUT2D eigenvalue weighted by atomic mass is 10.0. The van der Waals surface area contributed by atoms with Crippen molar-refractivity contribution in [3.63, 3.8) is 0 Å². The molecule has 2 amide bonds. The number of benzene rings is 2. The Kier molecular flexibility index (Phi) is 12.7. The number of alkyl carbamates (subject to hydrolysis) is 1. The molecule has 2 aromatic carbocycles. The van der Waals surface area contributed by atoms with Crippen LogP contribution in [0.25, 0.3) is 0 Å². The number of amides is 2. The van der Waals surface area contributed by atoms with E-state index in [1.54, 1.807) is 0 Å². The van der Waals surface area contributed by atoms with E-state index in [2.05, 4.69) is 17.2 Å². The minimum absolute atomic E-state index is 0.0863. The highest BCUT2D eigenvalue weighted by atomic mass is 16.5. The monoisotopic (exact) mass is 480 g/mol. The van der Waals surface area contributed by atoms with E-state index in [9.17, 15) is 14.4 Å². The largest absolute Gasteiger partial charge is 0.467 e. The zero-order valence-electron chi connectivity index (χ0n) is 20.4. The van der Waals surface area contributed by atoms with Crippen molar-refractivity contribution in [1.29, 1.82) is 0 Å². The van der Waals surface area contributed by atoms with Crippen molar-refractivity contribution in [2.45, 2.75) is 63.6 Å². The minimum Gasteiger partial charge on any atom is -0.467 e. The number of ether oxygens (including phenoxy) is 2. The molecule has 0 saturated heterocycles. The third-order valence-corrected chi connectivity index (χ3v) is 5.56. The van der Waals surface area contributed by atoms with E-state index in [1.807, 2.05) is 66.7 Å². The van der Waals surface area contributed by atoms with Gasteiger partial charge in [0, 0.05) is 6.42 Å². The Bertz CT molecular complexity index is 917. The first-order valence-electron chi connectivity index (χ1n) is 12.0. The van der Waals surface area contributed by atoms with E-state index in [0.29, 0.717) is 6.42 Å². The normalized spacial score (nSPS) is 12.1. The number of carbonyl (C=O) groups excluding carboxylic acids is 3. The predicted molar refractivity (Wildman–Crippen MR) is 136 cm³/mol. The van der Waals surface area contributed by atoms with Gasteiger partial charge in [0.15, 0.2) is 0 Å². The molecule has 2 aromatic rings. The van der Waals surface area contributed by atoms with E-state index in [-0.39, 0.29) is 13.0 Å². The van der Waals surface area contributed by atoms with Crippen LogP contribution in [0.5, 0.6) is 0 Å². The smallest absolute Gasteiger partial charge is 0.408 e. The Hall–Kier alpha value is -3.61. The number of carbonyl (C=O) groups is 3. The Labute approximate surface area is 207 Å². The van der Waals surface area contributed by atoms with E-state index < -0.39 is 30.1 Å². The van der Waals surface area contributed by atoms with Crippen molar-refractivity contribution in [1.82, 2.24) is 10.6 Å². The molecule has 0 aliphatic heterocycles. The maximum absolute atomic E-state index is 13.2. The maximum Gasteiger partial charge on any atom is 0.408 e. The molecule has 0 unspecified atom stereocenters. The van der Waals surface area contributed by atoms with Gasteiger partial charge in [-0.05, 0) is 30.4 Å². The van der Waals surface area contributed by atoms with Crippen LogP contribution in [0.2, 0.25) is 0 Å². The second kappa shape index (κ2) is 16.1. The summed E-state index contributed by atoms with van der Waals surface area (Å²) in [6.07, 6.45) is 6.65. The fourth-order valence-electron chi connectivity index (χ4n) is 3.62. The molecule has 35 heavy (non-hydrogen) atoms. The first kappa shape index (κ1) is 27.6. The van der Waals surface area contributed by atoms with Gasteiger partial charge in [0.1, 0.15) is 18.7 Å². The Morgan fingerprint density at radius 2 is 1.49 bits per heavy atom. The molecule has 0 radical (unpaired) electrons. The van der Waals surface area contributed by atoms with E-state index in [4.69, 9.17) is 9.47 Å². The van der Waals surface area contributed by atoms with Crippen molar-refractivity contribution in [3.05, 3.63) is 84.4 Å². The average Bonchev–Trinajstić information content (AvgIpc) is 2.89. The second-order valence-electron chi connectivity index (χ2n) is 8.31. The third kappa shape index (κ3) is 10.9. The van der Waals surface area contributed by atoms with Crippen molar-refractivity contribution >= 4 is 18.0 Å². The van der Waals surface area contributed by atoms with Crippen LogP contribution in [0.1, 0.15) is 49.7 Å². The summed E-state index contributed by atoms with van der Waals surface area (Å²) < 4.78 is 10.2. The molecular weight excluding hydrogens is 444 g/mol. The van der Waals surface area contributed by atoms with E-state index in [0.717, 1.165) is 43.2 Å². The Morgan fingerprint density at radius 3 is 2.11 bits per heavy atom. The van der Waals surface area contributed by atoms with Gasteiger partial charge in [-0.1, -0.05) is 86.0 Å². The standard InChI is InChI=1S/C28H36N2O5/c1-3-4-5-6-7-14-19-24(27(32)34-2)29-26(31)25(20-22-15-10-8-11-16-22)30-28(33)35-21-23-17-12-9-13-18-23/h3,8-13,15-18,24-25H,1,4-7,14,19-21H2,2H3,(H,29,31)(H,30,33)/t24-,25-/m0/s1. The predicted octanol–water partition coefficient (Wildman–Crippen LogP) is 4.71. The van der Waals surface area contributed by atoms with Gasteiger partial charge in [0.2, 0.25) is 5.91 Å². The SMILES string of the molecule is C=CCCCCCC[C@H](NC(=O)[C@H](Cc1ccccc1)NC(=O)OCc1ccccc1)C(=O)OC. The Morgan fingerprint density at radius 1 is 0.857 bits per heavy atom. The molecule has 0 aliphatic rings. The molecule has 2 N–H and O–H groups in total. The molecule has 0 aromatic heterocycles. The van der Waals surface area contributed by atoms with Crippen LogP contribution >= 0.6 is 0 Å². The molecule has 0 fully saturated rings. The molecule has 7 nitrogen and oxygen atoms in total. The lowest BCUT2D eigenvalue weighted by Crippen LogP contribution is -2.52. The van der Waals surface area contributed by atoms with Crippen molar-refractivity contribution in [2.75, 3.05) is 7.11 Å². The van der Waals surface area contributed by atoms with Gasteiger partial charge in [-0.15, -0.1) is 6.58 Å². The van der Waals surface area contributed by atoms with Gasteiger partial charge < -0.3 is 20.1 Å². The summed E-state index contributed by atoms with van der Waals surface area (Å²) in [5.74, 6) is -0.970. The molecular formula is C28H36N2O5. The highest BCUT2D eigenvalue weighted by molar-refractivity contribution is 5.89. The number of hydrogen-bond acceptors (Lipinski definition) is 5. The number of unbranched alkanes of at least 4 members (excludes halogenated alkanes) is 4. The topological polar surface area (TPSA) is 93.7 Å². The molecule has 0 heterocycles. The van der Waals surface area contributed by atoms with Crippen LogP contribution in [0, 0.1) is 0 Å². The molecule has 0 spiro atoms.